The average molecular weight is 557 g/mol. The van der Waals surface area contributed by atoms with Crippen LogP contribution < -0.4 is 9.62 Å². The molecule has 0 aromatic heterocycles. The van der Waals surface area contributed by atoms with Crippen molar-refractivity contribution in [3.8, 4) is 0 Å². The highest BCUT2D eigenvalue weighted by molar-refractivity contribution is 7.92. The summed E-state index contributed by atoms with van der Waals surface area (Å²) >= 11 is 12.3. The third-order valence-corrected chi connectivity index (χ3v) is 7.52. The van der Waals surface area contributed by atoms with Crippen LogP contribution in [-0.4, -0.2) is 50.0 Å². The van der Waals surface area contributed by atoms with Gasteiger partial charge < -0.3 is 10.2 Å². The van der Waals surface area contributed by atoms with E-state index >= 15 is 0 Å². The van der Waals surface area contributed by atoms with Gasteiger partial charge >= 0.3 is 0 Å². The molecule has 2 aromatic rings. The van der Waals surface area contributed by atoms with E-state index in [0.29, 0.717) is 21.3 Å². The fraction of sp³-hybridized carbons (Fsp3) is 0.462. The predicted octanol–water partition coefficient (Wildman–Crippen LogP) is 5.04. The fourth-order valence-electron chi connectivity index (χ4n) is 3.72. The lowest BCUT2D eigenvalue weighted by atomic mass is 10.1. The van der Waals surface area contributed by atoms with Crippen molar-refractivity contribution < 1.29 is 18.0 Å². The Morgan fingerprint density at radius 3 is 2.19 bits per heavy atom. The first kappa shape index (κ1) is 29.9. The number of carbonyl (C=O) groups is 2. The Balaban J connectivity index is 2.20. The number of anilines is 1. The molecule has 1 atom stereocenters. The monoisotopic (exact) mass is 555 g/mol. The highest BCUT2D eigenvalue weighted by Crippen LogP contribution is 2.24. The van der Waals surface area contributed by atoms with Crippen molar-refractivity contribution in [1.82, 2.24) is 10.2 Å². The second-order valence-corrected chi connectivity index (χ2v) is 11.8. The lowest BCUT2D eigenvalue weighted by Gasteiger charge is -2.30. The summed E-state index contributed by atoms with van der Waals surface area (Å²) in [6.45, 7) is 7.64. The molecule has 10 heteroatoms. The molecule has 0 aliphatic carbocycles. The van der Waals surface area contributed by atoms with Crippen LogP contribution >= 0.6 is 23.2 Å². The standard InChI is InChI=1S/C26H35Cl2N3O4S/c1-6-20-9-13-23(14-10-20)31(36(5,34)35)15-7-8-25(32)30(19(4)26(33)29-18(2)3)17-21-11-12-22(27)16-24(21)28/h9-14,16,18-19H,6-8,15,17H2,1-5H3,(H,29,33). The van der Waals surface area contributed by atoms with E-state index in [-0.39, 0.29) is 43.8 Å². The first-order valence-electron chi connectivity index (χ1n) is 11.9. The molecule has 0 saturated heterocycles. The Hall–Kier alpha value is -2.29. The number of aryl methyl sites for hydroxylation is 1. The first-order valence-corrected chi connectivity index (χ1v) is 14.5. The van der Waals surface area contributed by atoms with Crippen LogP contribution in [-0.2, 0) is 32.6 Å². The van der Waals surface area contributed by atoms with Crippen molar-refractivity contribution in [1.29, 1.82) is 0 Å². The minimum Gasteiger partial charge on any atom is -0.352 e. The molecule has 0 fully saturated rings. The zero-order valence-corrected chi connectivity index (χ0v) is 23.8. The maximum atomic E-state index is 13.3. The first-order chi connectivity index (χ1) is 16.8. The molecule has 2 rings (SSSR count). The van der Waals surface area contributed by atoms with Gasteiger partial charge in [0.05, 0.1) is 11.9 Å². The number of benzene rings is 2. The van der Waals surface area contributed by atoms with Gasteiger partial charge in [0.2, 0.25) is 21.8 Å². The second kappa shape index (κ2) is 13.3. The van der Waals surface area contributed by atoms with E-state index in [0.717, 1.165) is 18.2 Å². The van der Waals surface area contributed by atoms with Crippen molar-refractivity contribution in [2.75, 3.05) is 17.1 Å². The molecule has 1 N–H and O–H groups in total. The van der Waals surface area contributed by atoms with Crippen LogP contribution in [0.5, 0.6) is 0 Å². The Morgan fingerprint density at radius 2 is 1.67 bits per heavy atom. The fourth-order valence-corrected chi connectivity index (χ4v) is 5.16. The van der Waals surface area contributed by atoms with Gasteiger partial charge in [0.25, 0.3) is 0 Å². The minimum atomic E-state index is -3.54. The van der Waals surface area contributed by atoms with Crippen LogP contribution in [0, 0.1) is 0 Å². The van der Waals surface area contributed by atoms with Crippen LogP contribution in [0.4, 0.5) is 5.69 Å². The van der Waals surface area contributed by atoms with Gasteiger partial charge in [0.1, 0.15) is 6.04 Å². The molecule has 0 aliphatic heterocycles. The maximum absolute atomic E-state index is 13.3. The van der Waals surface area contributed by atoms with Gasteiger partial charge in [-0.15, -0.1) is 0 Å². The Bertz CT molecular complexity index is 1150. The van der Waals surface area contributed by atoms with Gasteiger partial charge in [-0.3, -0.25) is 13.9 Å². The van der Waals surface area contributed by atoms with Crippen molar-refractivity contribution >= 4 is 50.7 Å². The van der Waals surface area contributed by atoms with Crippen LogP contribution in [0.2, 0.25) is 10.0 Å². The lowest BCUT2D eigenvalue weighted by molar-refractivity contribution is -0.140. The van der Waals surface area contributed by atoms with Gasteiger partial charge in [-0.05, 0) is 69.0 Å². The third-order valence-electron chi connectivity index (χ3n) is 5.74. The largest absolute Gasteiger partial charge is 0.352 e. The zero-order chi connectivity index (χ0) is 27.0. The van der Waals surface area contributed by atoms with E-state index in [9.17, 15) is 18.0 Å². The predicted molar refractivity (Wildman–Crippen MR) is 147 cm³/mol. The van der Waals surface area contributed by atoms with Crippen molar-refractivity contribution in [2.45, 2.75) is 65.6 Å². The molecule has 36 heavy (non-hydrogen) atoms. The smallest absolute Gasteiger partial charge is 0.242 e. The molecule has 198 valence electrons. The van der Waals surface area contributed by atoms with Crippen LogP contribution in [0.15, 0.2) is 42.5 Å². The molecule has 2 amide bonds. The highest BCUT2D eigenvalue weighted by Gasteiger charge is 2.27. The van der Waals surface area contributed by atoms with Crippen LogP contribution in [0.25, 0.3) is 0 Å². The van der Waals surface area contributed by atoms with E-state index in [1.807, 2.05) is 32.9 Å². The number of hydrogen-bond acceptors (Lipinski definition) is 4. The Labute approximate surface area is 224 Å². The molecule has 2 aromatic carbocycles. The van der Waals surface area contributed by atoms with Crippen molar-refractivity contribution in [3.05, 3.63) is 63.6 Å². The summed E-state index contributed by atoms with van der Waals surface area (Å²) in [4.78, 5) is 27.5. The van der Waals surface area contributed by atoms with Gasteiger partial charge in [-0.2, -0.15) is 0 Å². The SMILES string of the molecule is CCc1ccc(N(CCCC(=O)N(Cc2ccc(Cl)cc2Cl)C(C)C(=O)NC(C)C)S(C)(=O)=O)cc1. The normalized spacial score (nSPS) is 12.3. The van der Waals surface area contributed by atoms with Gasteiger partial charge in [-0.1, -0.05) is 48.3 Å². The topological polar surface area (TPSA) is 86.8 Å². The number of halogens is 2. The number of hydrogen-bond donors (Lipinski definition) is 1. The summed E-state index contributed by atoms with van der Waals surface area (Å²) in [5.41, 5.74) is 2.32. The molecule has 0 radical (unpaired) electrons. The highest BCUT2D eigenvalue weighted by atomic mass is 35.5. The van der Waals surface area contributed by atoms with Gasteiger partial charge in [0, 0.05) is 35.6 Å². The summed E-state index contributed by atoms with van der Waals surface area (Å²) in [5.74, 6) is -0.556. The van der Waals surface area contributed by atoms with E-state index < -0.39 is 16.1 Å². The minimum absolute atomic E-state index is 0.0591. The molecule has 7 nitrogen and oxygen atoms in total. The molecule has 1 unspecified atom stereocenters. The molecule has 0 aliphatic rings. The third kappa shape index (κ3) is 8.68. The van der Waals surface area contributed by atoms with E-state index in [4.69, 9.17) is 23.2 Å². The number of sulfonamides is 1. The molecule has 0 bridgehead atoms. The number of nitrogens with one attached hydrogen (secondary N) is 1. The number of amides is 2. The van der Waals surface area contributed by atoms with E-state index in [1.54, 1.807) is 37.3 Å². The van der Waals surface area contributed by atoms with Gasteiger partial charge in [-0.25, -0.2) is 8.42 Å². The maximum Gasteiger partial charge on any atom is 0.242 e. The summed E-state index contributed by atoms with van der Waals surface area (Å²) in [6.07, 6.45) is 2.34. The number of nitrogens with zero attached hydrogens (tertiary/aromatic N) is 2. The lowest BCUT2D eigenvalue weighted by Crippen LogP contribution is -2.49. The van der Waals surface area contributed by atoms with Crippen LogP contribution in [0.3, 0.4) is 0 Å². The molecular formula is C26H35Cl2N3O4S. The quantitative estimate of drug-likeness (QED) is 0.397. The molecule has 0 heterocycles. The number of rotatable bonds is 12. The Morgan fingerprint density at radius 1 is 1.03 bits per heavy atom. The molecule has 0 saturated carbocycles. The zero-order valence-electron chi connectivity index (χ0n) is 21.4. The average Bonchev–Trinajstić information content (AvgIpc) is 2.79. The number of carbonyl (C=O) groups excluding carboxylic acids is 2. The summed E-state index contributed by atoms with van der Waals surface area (Å²) in [6, 6.07) is 11.5. The van der Waals surface area contributed by atoms with E-state index in [2.05, 4.69) is 5.32 Å². The second-order valence-electron chi connectivity index (χ2n) is 9.06. The molecular weight excluding hydrogens is 521 g/mol. The van der Waals surface area contributed by atoms with Crippen molar-refractivity contribution in [3.63, 3.8) is 0 Å². The summed E-state index contributed by atoms with van der Waals surface area (Å²) in [7, 11) is -3.54. The van der Waals surface area contributed by atoms with Gasteiger partial charge in [0.15, 0.2) is 0 Å². The van der Waals surface area contributed by atoms with Crippen molar-refractivity contribution in [2.24, 2.45) is 0 Å². The van der Waals surface area contributed by atoms with Crippen LogP contribution in [0.1, 0.15) is 51.7 Å². The Kier molecular flexibility index (Phi) is 11.1. The summed E-state index contributed by atoms with van der Waals surface area (Å²) < 4.78 is 26.2. The molecule has 0 spiro atoms. The summed E-state index contributed by atoms with van der Waals surface area (Å²) in [5, 5.41) is 3.71. The van der Waals surface area contributed by atoms with E-state index in [1.165, 1.54) is 9.21 Å².